The molecule has 0 aromatic rings. The van der Waals surface area contributed by atoms with E-state index in [-0.39, 0.29) is 35.9 Å². The molecule has 3 radical (unpaired) electrons. The van der Waals surface area contributed by atoms with E-state index in [2.05, 4.69) is 0 Å². The summed E-state index contributed by atoms with van der Waals surface area (Å²) in [7, 11) is 0. The van der Waals surface area contributed by atoms with Crippen LogP contribution in [0.15, 0.2) is 0 Å². The van der Waals surface area contributed by atoms with Crippen LogP contribution in [0, 0.1) is 11.1 Å². The molecular weight excluding hydrogens is 168 g/mol. The third-order valence-corrected chi connectivity index (χ3v) is 0. The van der Waals surface area contributed by atoms with Gasteiger partial charge in [0, 0.05) is 35.9 Å². The number of rotatable bonds is 0. The molecule has 0 aliphatic heterocycles. The van der Waals surface area contributed by atoms with Gasteiger partial charge in [-0.25, -0.2) is 11.1 Å². The minimum atomic E-state index is 0. The van der Waals surface area contributed by atoms with Gasteiger partial charge < -0.3 is 0 Å². The van der Waals surface area contributed by atoms with Gasteiger partial charge >= 0.3 is 0 Å². The second-order valence-corrected chi connectivity index (χ2v) is 0. The molecule has 2 nitrogen and oxygen atoms in total. The summed E-state index contributed by atoms with van der Waals surface area (Å²) >= 11 is 0. The molecule has 0 spiro atoms. The Hall–Kier alpha value is 0.690. The van der Waals surface area contributed by atoms with Crippen molar-refractivity contribution in [3.63, 3.8) is 0 Å². The quantitative estimate of drug-likeness (QED) is 0.405. The van der Waals surface area contributed by atoms with Crippen LogP contribution < -0.4 is 0 Å². The molecule has 4 heteroatoms. The predicted octanol–water partition coefficient (Wildman–Crippen LogP) is 1.24. The Morgan fingerprint density at radius 3 is 1.00 bits per heavy atom. The fourth-order valence-corrected chi connectivity index (χ4v) is 0. The summed E-state index contributed by atoms with van der Waals surface area (Å²) < 4.78 is 0. The Labute approximate surface area is 47.2 Å². The van der Waals surface area contributed by atoms with Crippen molar-refractivity contribution in [1.29, 1.82) is 11.1 Å². The molecule has 0 fully saturated rings. The largest absolute Gasteiger partial charge is 0.213 e. The molecule has 0 heterocycles. The van der Waals surface area contributed by atoms with Crippen LogP contribution in [0.4, 0.5) is 0 Å². The third kappa shape index (κ3) is 16.1. The molecule has 0 saturated heterocycles. The Balaban J connectivity index is -0.00000000500. The molecule has 0 saturated carbocycles. The van der Waals surface area contributed by atoms with Crippen molar-refractivity contribution in [3.8, 4) is 0 Å². The maximum atomic E-state index is 5.00. The van der Waals surface area contributed by atoms with Crippen LogP contribution in [-0.4, -0.2) is 0 Å². The summed E-state index contributed by atoms with van der Waals surface area (Å²) in [5, 5.41) is 0. The Morgan fingerprint density at radius 1 is 1.00 bits per heavy atom. The average molecular weight is 170 g/mol. The zero-order valence-electron chi connectivity index (χ0n) is 1.71. The molecule has 0 atom stereocenters. The van der Waals surface area contributed by atoms with E-state index in [1.54, 1.807) is 0 Å². The Bertz CT molecular complexity index is 6.00. The van der Waals surface area contributed by atoms with Gasteiger partial charge in [-0.1, -0.05) is 0 Å². The molecule has 29 valence electrons. The number of nitrogens with one attached hydrogen (secondary N) is 2. The van der Waals surface area contributed by atoms with Crippen LogP contribution in [0.2, 0.25) is 0 Å². The van der Waals surface area contributed by atoms with E-state index in [0.717, 1.165) is 0 Å². The van der Waals surface area contributed by atoms with E-state index in [0.29, 0.717) is 0 Å². The van der Waals surface area contributed by atoms with Crippen molar-refractivity contribution >= 4 is 13.5 Å². The van der Waals surface area contributed by atoms with Gasteiger partial charge in [-0.3, -0.25) is 0 Å². The summed E-state index contributed by atoms with van der Waals surface area (Å²) in [6.45, 7) is 0. The zero-order valence-corrected chi connectivity index (χ0v) is 4.01. The van der Waals surface area contributed by atoms with E-state index in [1.807, 2.05) is 0 Å². The first-order valence-electron chi connectivity index (χ1n) is 0.250. The van der Waals surface area contributed by atoms with Crippen LogP contribution in [-0.2, 0) is 22.4 Å². The van der Waals surface area contributed by atoms with Crippen molar-refractivity contribution in [2.45, 2.75) is 0 Å². The van der Waals surface area contributed by atoms with Crippen molar-refractivity contribution in [3.05, 3.63) is 0 Å². The number of hydrogen-bond acceptors (Lipinski definition) is 2. The molecule has 0 aromatic heterocycles. The Kier molecular flexibility index (Phi) is 313. The second kappa shape index (κ2) is 56.1. The molecule has 0 rings (SSSR count). The predicted molar refractivity (Wildman–Crippen MR) is 13.0 cm³/mol. The zero-order chi connectivity index (χ0) is 2.00. The normalized spacial score (nSPS) is 1.00. The SMILES string of the molecule is N=N.[Ag].[S]. The molecule has 0 aromatic carbocycles. The van der Waals surface area contributed by atoms with E-state index >= 15 is 0 Å². The van der Waals surface area contributed by atoms with Gasteiger partial charge in [-0.15, -0.1) is 0 Å². The Morgan fingerprint density at radius 2 is 1.00 bits per heavy atom. The molecule has 2 N–H and O–H groups in total. The summed E-state index contributed by atoms with van der Waals surface area (Å²) in [5.41, 5.74) is 10.0. The maximum absolute atomic E-state index is 5.00. The van der Waals surface area contributed by atoms with E-state index in [9.17, 15) is 0 Å². The van der Waals surface area contributed by atoms with Crippen molar-refractivity contribution in [2.75, 3.05) is 0 Å². The first-order valence-corrected chi connectivity index (χ1v) is 0.250. The minimum absolute atomic E-state index is 0. The molecule has 0 unspecified atom stereocenters. The fraction of sp³-hybridized carbons (Fsp3) is 0. The van der Waals surface area contributed by atoms with Crippen LogP contribution in [0.3, 0.4) is 0 Å². The maximum Gasteiger partial charge on any atom is 0 e. The van der Waals surface area contributed by atoms with E-state index in [4.69, 9.17) is 11.1 Å². The monoisotopic (exact) mass is 169 g/mol. The summed E-state index contributed by atoms with van der Waals surface area (Å²) in [5.74, 6) is 0. The van der Waals surface area contributed by atoms with Crippen LogP contribution in [0.25, 0.3) is 0 Å². The van der Waals surface area contributed by atoms with Gasteiger partial charge in [-0.05, 0) is 0 Å². The second-order valence-electron chi connectivity index (χ2n) is 0. The van der Waals surface area contributed by atoms with Gasteiger partial charge in [0.2, 0.25) is 0 Å². The fourth-order valence-electron chi connectivity index (χ4n) is 0. The van der Waals surface area contributed by atoms with Crippen molar-refractivity contribution in [2.24, 2.45) is 0 Å². The topological polar surface area (TPSA) is 47.7 Å². The molecule has 4 heavy (non-hydrogen) atoms. The summed E-state index contributed by atoms with van der Waals surface area (Å²) in [4.78, 5) is 0. The molecule has 0 amide bonds. The van der Waals surface area contributed by atoms with Gasteiger partial charge in [-0.2, -0.15) is 0 Å². The van der Waals surface area contributed by atoms with Gasteiger partial charge in [0.05, 0.1) is 0 Å². The molecule has 0 bridgehead atoms. The molecular formula is H2AgN2S. The van der Waals surface area contributed by atoms with Crippen LogP contribution in [0.5, 0.6) is 0 Å². The van der Waals surface area contributed by atoms with Gasteiger partial charge in [0.15, 0.2) is 0 Å². The van der Waals surface area contributed by atoms with Crippen LogP contribution in [0.1, 0.15) is 0 Å². The first kappa shape index (κ1) is 22.4. The minimum Gasteiger partial charge on any atom is -0.213 e. The third-order valence-electron chi connectivity index (χ3n) is 0. The smallest absolute Gasteiger partial charge is 0 e. The first-order chi connectivity index (χ1) is 1.00. The van der Waals surface area contributed by atoms with E-state index < -0.39 is 0 Å². The molecule has 0 aliphatic carbocycles. The summed E-state index contributed by atoms with van der Waals surface area (Å²) in [6.07, 6.45) is 0. The van der Waals surface area contributed by atoms with Crippen molar-refractivity contribution < 1.29 is 22.4 Å². The standard InChI is InChI=1S/Ag.H2N2.S/c;1-2;/h;1-2H;. The van der Waals surface area contributed by atoms with Crippen LogP contribution >= 0.6 is 13.5 Å². The van der Waals surface area contributed by atoms with Crippen molar-refractivity contribution in [1.82, 2.24) is 0 Å². The van der Waals surface area contributed by atoms with Gasteiger partial charge in [0.25, 0.3) is 0 Å². The average Bonchev–Trinajstić information content (AvgIpc) is 1.00. The summed E-state index contributed by atoms with van der Waals surface area (Å²) in [6, 6.07) is 0. The van der Waals surface area contributed by atoms with E-state index in [1.165, 1.54) is 0 Å². The van der Waals surface area contributed by atoms with Gasteiger partial charge in [0.1, 0.15) is 0 Å². The number of hydrogen-bond donors (Lipinski definition) is 2. The molecule has 0 aliphatic rings.